The number of halogens is 2. The van der Waals surface area contributed by atoms with Crippen LogP contribution in [0.25, 0.3) is 6.08 Å². The molecular weight excluding hydrogens is 530 g/mol. The maximum absolute atomic E-state index is 12.7. The summed E-state index contributed by atoms with van der Waals surface area (Å²) < 4.78 is 6.95. The highest BCUT2D eigenvalue weighted by atomic mass is 79.9. The third-order valence-corrected chi connectivity index (χ3v) is 6.94. The first-order valence-corrected chi connectivity index (χ1v) is 11.6. The van der Waals surface area contributed by atoms with E-state index in [1.807, 2.05) is 6.07 Å². The lowest BCUT2D eigenvalue weighted by Crippen LogP contribution is -2.13. The van der Waals surface area contributed by atoms with Crippen molar-refractivity contribution in [3.8, 4) is 17.9 Å². The van der Waals surface area contributed by atoms with Gasteiger partial charge in [-0.25, -0.2) is 0 Å². The zero-order valence-corrected chi connectivity index (χ0v) is 19.9. The van der Waals surface area contributed by atoms with Gasteiger partial charge in [-0.3, -0.25) is 4.79 Å². The minimum atomic E-state index is -0.535. The molecule has 8 heteroatoms. The first-order valence-electron chi connectivity index (χ1n) is 9.19. The van der Waals surface area contributed by atoms with Gasteiger partial charge in [0.1, 0.15) is 35.1 Å². The van der Waals surface area contributed by atoms with Crippen LogP contribution in [0, 0.1) is 22.7 Å². The van der Waals surface area contributed by atoms with Crippen LogP contribution in [-0.2, 0) is 17.6 Å². The quantitative estimate of drug-likeness (QED) is 0.268. The summed E-state index contributed by atoms with van der Waals surface area (Å²) in [5, 5.41) is 22.4. The molecule has 0 unspecified atom stereocenters. The molecule has 0 atom stereocenters. The highest BCUT2D eigenvalue weighted by molar-refractivity contribution is 9.11. The molecule has 0 bridgehead atoms. The predicted octanol–water partition coefficient (Wildman–Crippen LogP) is 6.13. The number of fused-ring (bicyclic) bond motifs is 1. The van der Waals surface area contributed by atoms with Crippen molar-refractivity contribution in [3.63, 3.8) is 0 Å². The Bertz CT molecular complexity index is 1100. The van der Waals surface area contributed by atoms with Crippen LogP contribution in [0.15, 0.2) is 39.3 Å². The van der Waals surface area contributed by atoms with Crippen LogP contribution < -0.4 is 10.1 Å². The Labute approximate surface area is 195 Å². The van der Waals surface area contributed by atoms with E-state index >= 15 is 0 Å². The number of anilines is 1. The Morgan fingerprint density at radius 2 is 1.97 bits per heavy atom. The first-order chi connectivity index (χ1) is 14.5. The Hall–Kier alpha value is -2.39. The number of benzene rings is 1. The zero-order chi connectivity index (χ0) is 21.7. The van der Waals surface area contributed by atoms with Gasteiger partial charge in [0.05, 0.1) is 14.5 Å². The molecule has 1 N–H and O–H groups in total. The Morgan fingerprint density at radius 3 is 2.60 bits per heavy atom. The molecular formula is C22H17Br2N3O2S. The molecule has 3 rings (SSSR count). The van der Waals surface area contributed by atoms with Crippen molar-refractivity contribution in [1.82, 2.24) is 0 Å². The molecule has 0 fully saturated rings. The minimum absolute atomic E-state index is 0.0520. The van der Waals surface area contributed by atoms with Crippen LogP contribution in [0.5, 0.6) is 5.75 Å². The van der Waals surface area contributed by atoms with Crippen LogP contribution in [0.1, 0.15) is 34.4 Å². The number of ether oxygens (including phenoxy) is 1. The van der Waals surface area contributed by atoms with Crippen molar-refractivity contribution >= 4 is 60.2 Å². The lowest BCUT2D eigenvalue weighted by Gasteiger charge is -2.10. The van der Waals surface area contributed by atoms with Gasteiger partial charge in [0, 0.05) is 4.88 Å². The molecule has 5 nitrogen and oxygen atoms in total. The average molecular weight is 547 g/mol. The third kappa shape index (κ3) is 4.84. The van der Waals surface area contributed by atoms with Crippen molar-refractivity contribution in [2.24, 2.45) is 0 Å². The summed E-state index contributed by atoms with van der Waals surface area (Å²) in [6, 6.07) is 7.69. The van der Waals surface area contributed by atoms with Crippen molar-refractivity contribution in [2.45, 2.75) is 25.7 Å². The van der Waals surface area contributed by atoms with Gasteiger partial charge in [0.2, 0.25) is 0 Å². The number of hydrogen-bond donors (Lipinski definition) is 1. The van der Waals surface area contributed by atoms with Gasteiger partial charge in [-0.1, -0.05) is 12.7 Å². The summed E-state index contributed by atoms with van der Waals surface area (Å²) in [6.45, 7) is 3.98. The number of nitriles is 2. The fourth-order valence-electron chi connectivity index (χ4n) is 3.20. The average Bonchev–Trinajstić information content (AvgIpc) is 3.08. The number of thiophene rings is 1. The van der Waals surface area contributed by atoms with Gasteiger partial charge in [-0.2, -0.15) is 10.5 Å². The minimum Gasteiger partial charge on any atom is -0.487 e. The van der Waals surface area contributed by atoms with E-state index in [-0.39, 0.29) is 5.57 Å². The topological polar surface area (TPSA) is 85.9 Å². The van der Waals surface area contributed by atoms with E-state index in [4.69, 9.17) is 4.74 Å². The van der Waals surface area contributed by atoms with Crippen molar-refractivity contribution in [1.29, 1.82) is 10.5 Å². The number of rotatable bonds is 6. The standard InChI is InChI=1S/C22H17Br2N3O2S/c1-2-7-29-20-17(23)9-13(10-18(20)24)8-14(11-25)21(28)27-22-16(12-26)15-5-3-4-6-19(15)30-22/h2,8-10H,1,3-7H2,(H,27,28)/b14-8-. The molecule has 1 aliphatic carbocycles. The summed E-state index contributed by atoms with van der Waals surface area (Å²) in [4.78, 5) is 13.9. The van der Waals surface area contributed by atoms with Crippen LogP contribution in [0.4, 0.5) is 5.00 Å². The fourth-order valence-corrected chi connectivity index (χ4v) is 5.89. The van der Waals surface area contributed by atoms with Crippen LogP contribution in [0.2, 0.25) is 0 Å². The van der Waals surface area contributed by atoms with Gasteiger partial charge in [-0.15, -0.1) is 11.3 Å². The molecule has 1 aromatic heterocycles. The summed E-state index contributed by atoms with van der Waals surface area (Å²) >= 11 is 8.32. The van der Waals surface area contributed by atoms with E-state index < -0.39 is 5.91 Å². The predicted molar refractivity (Wildman–Crippen MR) is 125 cm³/mol. The molecule has 1 aliphatic rings. The van der Waals surface area contributed by atoms with E-state index in [0.717, 1.165) is 36.1 Å². The van der Waals surface area contributed by atoms with Gasteiger partial charge in [-0.05, 0) is 86.9 Å². The Morgan fingerprint density at radius 1 is 1.27 bits per heavy atom. The van der Waals surface area contributed by atoms with Crippen LogP contribution >= 0.6 is 43.2 Å². The second kappa shape index (κ2) is 10.1. The van der Waals surface area contributed by atoms with E-state index in [0.29, 0.717) is 37.4 Å². The normalized spacial score (nSPS) is 13.0. The number of amides is 1. The van der Waals surface area contributed by atoms with Crippen LogP contribution in [0.3, 0.4) is 0 Å². The number of nitrogens with zero attached hydrogens (tertiary/aromatic N) is 2. The van der Waals surface area contributed by atoms with Gasteiger partial charge in [0.15, 0.2) is 0 Å². The summed E-state index contributed by atoms with van der Waals surface area (Å²) in [7, 11) is 0. The number of carbonyl (C=O) groups excluding carboxylic acids is 1. The second-order valence-corrected chi connectivity index (χ2v) is 9.38. The molecule has 30 heavy (non-hydrogen) atoms. The molecule has 152 valence electrons. The summed E-state index contributed by atoms with van der Waals surface area (Å²) in [5.41, 5.74) is 2.16. The Balaban J connectivity index is 1.86. The number of nitrogens with one attached hydrogen (secondary N) is 1. The van der Waals surface area contributed by atoms with Gasteiger partial charge >= 0.3 is 0 Å². The fraction of sp³-hybridized carbons (Fsp3) is 0.227. The molecule has 2 aromatic rings. The number of aryl methyl sites for hydroxylation is 1. The van der Waals surface area contributed by atoms with Crippen molar-refractivity contribution in [2.75, 3.05) is 11.9 Å². The molecule has 0 saturated carbocycles. The van der Waals surface area contributed by atoms with Gasteiger partial charge < -0.3 is 10.1 Å². The smallest absolute Gasteiger partial charge is 0.266 e. The third-order valence-electron chi connectivity index (χ3n) is 4.55. The molecule has 1 heterocycles. The molecule has 1 amide bonds. The molecule has 0 spiro atoms. The maximum Gasteiger partial charge on any atom is 0.266 e. The van der Waals surface area contributed by atoms with Crippen molar-refractivity contribution in [3.05, 3.63) is 60.9 Å². The molecule has 0 aliphatic heterocycles. The summed E-state index contributed by atoms with van der Waals surface area (Å²) in [5.74, 6) is 0.0738. The summed E-state index contributed by atoms with van der Waals surface area (Å²) in [6.07, 6.45) is 7.06. The molecule has 0 radical (unpaired) electrons. The van der Waals surface area contributed by atoms with E-state index in [1.165, 1.54) is 17.4 Å². The van der Waals surface area contributed by atoms with Gasteiger partial charge in [0.25, 0.3) is 5.91 Å². The Kier molecular flexibility index (Phi) is 7.49. The van der Waals surface area contributed by atoms with E-state index in [2.05, 4.69) is 49.8 Å². The first kappa shape index (κ1) is 22.3. The molecule has 1 aromatic carbocycles. The largest absolute Gasteiger partial charge is 0.487 e. The maximum atomic E-state index is 12.7. The van der Waals surface area contributed by atoms with E-state index in [9.17, 15) is 15.3 Å². The zero-order valence-electron chi connectivity index (χ0n) is 15.9. The van der Waals surface area contributed by atoms with E-state index in [1.54, 1.807) is 18.2 Å². The number of carbonyl (C=O) groups is 1. The SMILES string of the molecule is C=CCOc1c(Br)cc(/C=C(/C#N)C(=O)Nc2sc3c(c2C#N)CCCC3)cc1Br. The number of hydrogen-bond acceptors (Lipinski definition) is 5. The second-order valence-electron chi connectivity index (χ2n) is 6.56. The lowest BCUT2D eigenvalue weighted by atomic mass is 9.96. The van der Waals surface area contributed by atoms with Crippen molar-refractivity contribution < 1.29 is 9.53 Å². The molecule has 0 saturated heterocycles. The highest BCUT2D eigenvalue weighted by Crippen LogP contribution is 2.38. The highest BCUT2D eigenvalue weighted by Gasteiger charge is 2.22. The lowest BCUT2D eigenvalue weighted by molar-refractivity contribution is -0.112. The van der Waals surface area contributed by atoms with Crippen LogP contribution in [-0.4, -0.2) is 12.5 Å². The monoisotopic (exact) mass is 545 g/mol.